The SMILES string of the molecule is C#CN(C#C)c1ccc(Oc2cccc(Oc3ccc(N(C#C)C#C)c(Oc4ccc(C(=O)c5ccc(OC)cc5)cc4)c3)c2)cc1OC. The van der Waals surface area contributed by atoms with E-state index in [1.54, 1.807) is 116 Å². The summed E-state index contributed by atoms with van der Waals surface area (Å²) in [6.07, 6.45) is 22.3. The van der Waals surface area contributed by atoms with E-state index in [0.717, 1.165) is 0 Å². The van der Waals surface area contributed by atoms with E-state index in [9.17, 15) is 4.79 Å². The molecule has 0 saturated heterocycles. The Labute approximate surface area is 285 Å². The Kier molecular flexibility index (Phi) is 10.3. The normalized spacial score (nSPS) is 9.84. The summed E-state index contributed by atoms with van der Waals surface area (Å²) in [6.45, 7) is 0. The van der Waals surface area contributed by atoms with Gasteiger partial charge in [0.15, 0.2) is 11.5 Å². The molecule has 0 fully saturated rings. The van der Waals surface area contributed by atoms with Crippen molar-refractivity contribution in [2.45, 2.75) is 0 Å². The molecule has 0 bridgehead atoms. The van der Waals surface area contributed by atoms with Crippen LogP contribution >= 0.6 is 0 Å². The van der Waals surface area contributed by atoms with Crippen molar-refractivity contribution in [1.29, 1.82) is 0 Å². The number of carbonyl (C=O) groups excluding carboxylic acids is 1. The minimum absolute atomic E-state index is 0.141. The van der Waals surface area contributed by atoms with E-state index in [1.807, 2.05) is 0 Å². The first-order chi connectivity index (χ1) is 23.9. The van der Waals surface area contributed by atoms with Gasteiger partial charge in [0.2, 0.25) is 0 Å². The molecule has 8 nitrogen and oxygen atoms in total. The van der Waals surface area contributed by atoms with Gasteiger partial charge in [-0.1, -0.05) is 31.8 Å². The molecule has 0 aliphatic carbocycles. The molecule has 0 atom stereocenters. The fraction of sp³-hybridized carbons (Fsp3) is 0.0488. The second kappa shape index (κ2) is 15.3. The van der Waals surface area contributed by atoms with Crippen molar-refractivity contribution in [1.82, 2.24) is 0 Å². The number of terminal acetylenes is 4. The zero-order chi connectivity index (χ0) is 34.8. The van der Waals surface area contributed by atoms with Gasteiger partial charge >= 0.3 is 0 Å². The lowest BCUT2D eigenvalue weighted by atomic mass is 10.0. The number of rotatable bonds is 12. The van der Waals surface area contributed by atoms with E-state index in [2.05, 4.69) is 24.2 Å². The highest BCUT2D eigenvalue weighted by molar-refractivity contribution is 6.09. The number of anilines is 2. The van der Waals surface area contributed by atoms with Gasteiger partial charge in [0, 0.05) is 53.5 Å². The molecule has 0 radical (unpaired) electrons. The first kappa shape index (κ1) is 33.0. The maximum Gasteiger partial charge on any atom is 0.193 e. The summed E-state index contributed by atoms with van der Waals surface area (Å²) in [7, 11) is 3.08. The zero-order valence-electron chi connectivity index (χ0n) is 26.5. The summed E-state index contributed by atoms with van der Waals surface area (Å²) in [5, 5.41) is 0. The molecule has 5 aromatic carbocycles. The van der Waals surface area contributed by atoms with Crippen molar-refractivity contribution in [3.63, 3.8) is 0 Å². The Morgan fingerprint density at radius 1 is 0.490 bits per heavy atom. The molecule has 0 aliphatic rings. The van der Waals surface area contributed by atoms with Gasteiger partial charge in [0.05, 0.1) is 14.2 Å². The maximum absolute atomic E-state index is 13.0. The Morgan fingerprint density at radius 3 is 1.39 bits per heavy atom. The maximum atomic E-state index is 13.0. The van der Waals surface area contributed by atoms with Gasteiger partial charge in [-0.05, 0) is 84.9 Å². The molecule has 0 aliphatic heterocycles. The zero-order valence-corrected chi connectivity index (χ0v) is 26.5. The summed E-state index contributed by atoms with van der Waals surface area (Å²) in [5.41, 5.74) is 1.99. The van der Waals surface area contributed by atoms with Crippen molar-refractivity contribution >= 4 is 17.2 Å². The van der Waals surface area contributed by atoms with Crippen molar-refractivity contribution in [3.05, 3.63) is 120 Å². The Hall–Kier alpha value is -7.39. The molecular weight excluding hydrogens is 616 g/mol. The average Bonchev–Trinajstić information content (AvgIpc) is 3.14. The molecule has 49 heavy (non-hydrogen) atoms. The number of nitrogens with zero attached hydrogens (tertiary/aromatic N) is 2. The Morgan fingerprint density at radius 2 is 0.918 bits per heavy atom. The van der Waals surface area contributed by atoms with E-state index in [4.69, 9.17) is 49.4 Å². The molecule has 0 unspecified atom stereocenters. The van der Waals surface area contributed by atoms with Crippen LogP contribution in [0.25, 0.3) is 0 Å². The number of carbonyl (C=O) groups is 1. The van der Waals surface area contributed by atoms with Gasteiger partial charge in [-0.2, -0.15) is 0 Å². The van der Waals surface area contributed by atoms with Gasteiger partial charge in [-0.3, -0.25) is 4.79 Å². The second-order valence-electron chi connectivity index (χ2n) is 10.0. The van der Waals surface area contributed by atoms with Crippen LogP contribution in [0.4, 0.5) is 11.4 Å². The largest absolute Gasteiger partial charge is 0.497 e. The van der Waals surface area contributed by atoms with E-state index in [-0.39, 0.29) is 5.78 Å². The molecule has 238 valence electrons. The third-order valence-electron chi connectivity index (χ3n) is 7.05. The summed E-state index contributed by atoms with van der Waals surface area (Å²) in [4.78, 5) is 15.5. The minimum atomic E-state index is -0.141. The molecule has 0 amide bonds. The standard InChI is InChI=1S/C41H28N2O6/c1-7-42(8-2)37-24-22-35(27-39(37)46-6)47-33-12-11-13-34(26-33)48-36-23-25-38(43(9-3)10-4)40(28-36)49-32-20-16-30(17-21-32)41(44)29-14-18-31(45-5)19-15-29/h1-4,11-28H,5-6H3. The predicted molar refractivity (Wildman–Crippen MR) is 189 cm³/mol. The summed E-state index contributed by atoms with van der Waals surface area (Å²) >= 11 is 0. The summed E-state index contributed by atoms with van der Waals surface area (Å²) in [6, 6.07) is 40.5. The number of hydrogen-bond donors (Lipinski definition) is 0. The van der Waals surface area contributed by atoms with Crippen molar-refractivity contribution in [3.8, 4) is 95.9 Å². The topological polar surface area (TPSA) is 69.7 Å². The lowest BCUT2D eigenvalue weighted by molar-refractivity contribution is 0.103. The second-order valence-corrected chi connectivity index (χ2v) is 10.0. The van der Waals surface area contributed by atoms with Crippen LogP contribution < -0.4 is 33.5 Å². The first-order valence-electron chi connectivity index (χ1n) is 14.6. The molecule has 0 saturated carbocycles. The van der Waals surface area contributed by atoms with Crippen LogP contribution in [0.1, 0.15) is 15.9 Å². The van der Waals surface area contributed by atoms with Crippen molar-refractivity contribution in [2.24, 2.45) is 0 Å². The summed E-state index contributed by atoms with van der Waals surface area (Å²) < 4.78 is 29.1. The van der Waals surface area contributed by atoms with E-state index < -0.39 is 0 Å². The number of hydrogen-bond acceptors (Lipinski definition) is 8. The quantitative estimate of drug-likeness (QED) is 0.0764. The van der Waals surface area contributed by atoms with Crippen LogP contribution in [0.5, 0.6) is 46.0 Å². The monoisotopic (exact) mass is 644 g/mol. The fourth-order valence-corrected chi connectivity index (χ4v) is 4.67. The first-order valence-corrected chi connectivity index (χ1v) is 14.6. The van der Waals surface area contributed by atoms with Gasteiger partial charge in [0.1, 0.15) is 51.6 Å². The molecular formula is C41H28N2O6. The van der Waals surface area contributed by atoms with Crippen LogP contribution in [-0.2, 0) is 0 Å². The average molecular weight is 645 g/mol. The van der Waals surface area contributed by atoms with Crippen LogP contribution in [0.2, 0.25) is 0 Å². The Balaban J connectivity index is 1.35. The Bertz CT molecular complexity index is 2120. The number of ketones is 1. The van der Waals surface area contributed by atoms with Crippen LogP contribution in [0, 0.1) is 49.9 Å². The molecule has 5 rings (SSSR count). The number of methoxy groups -OCH3 is 2. The highest BCUT2D eigenvalue weighted by Crippen LogP contribution is 2.38. The molecule has 5 aromatic rings. The number of ether oxygens (including phenoxy) is 5. The number of benzene rings is 5. The van der Waals surface area contributed by atoms with Crippen LogP contribution in [0.15, 0.2) is 109 Å². The molecule has 0 aromatic heterocycles. The third-order valence-corrected chi connectivity index (χ3v) is 7.05. The lowest BCUT2D eigenvalue weighted by Crippen LogP contribution is -2.09. The smallest absolute Gasteiger partial charge is 0.193 e. The van der Waals surface area contributed by atoms with Gasteiger partial charge in [-0.25, -0.2) is 9.80 Å². The van der Waals surface area contributed by atoms with E-state index in [1.165, 1.54) is 16.9 Å². The van der Waals surface area contributed by atoms with Crippen molar-refractivity contribution < 1.29 is 28.5 Å². The van der Waals surface area contributed by atoms with Crippen molar-refractivity contribution in [2.75, 3.05) is 24.0 Å². The summed E-state index contributed by atoms with van der Waals surface area (Å²) in [5.74, 6) is 3.66. The van der Waals surface area contributed by atoms with Crippen LogP contribution in [-0.4, -0.2) is 20.0 Å². The van der Waals surface area contributed by atoms with Gasteiger partial charge in [0.25, 0.3) is 0 Å². The van der Waals surface area contributed by atoms with E-state index >= 15 is 0 Å². The van der Waals surface area contributed by atoms with Crippen LogP contribution in [0.3, 0.4) is 0 Å². The van der Waals surface area contributed by atoms with Gasteiger partial charge < -0.3 is 23.7 Å². The molecule has 0 heterocycles. The third kappa shape index (κ3) is 7.71. The molecule has 0 spiro atoms. The molecule has 8 heteroatoms. The highest BCUT2D eigenvalue weighted by atomic mass is 16.5. The predicted octanol–water partition coefficient (Wildman–Crippen LogP) is 8.29. The fourth-order valence-electron chi connectivity index (χ4n) is 4.67. The minimum Gasteiger partial charge on any atom is -0.497 e. The molecule has 0 N–H and O–H groups in total. The van der Waals surface area contributed by atoms with E-state index in [0.29, 0.717) is 68.5 Å². The lowest BCUT2D eigenvalue weighted by Gasteiger charge is -2.17. The van der Waals surface area contributed by atoms with Gasteiger partial charge in [-0.15, -0.1) is 0 Å². The highest BCUT2D eigenvalue weighted by Gasteiger charge is 2.15.